The minimum absolute atomic E-state index is 0.253. The minimum atomic E-state index is 0.253. The Kier molecular flexibility index (Phi) is 3.44. The number of hydrogen-bond acceptors (Lipinski definition) is 4. The molecule has 3 aromatic rings. The Balaban J connectivity index is 2.09. The summed E-state index contributed by atoms with van der Waals surface area (Å²) in [4.78, 5) is 8.45. The van der Waals surface area contributed by atoms with Crippen LogP contribution in [-0.4, -0.2) is 9.97 Å². The van der Waals surface area contributed by atoms with E-state index in [0.717, 1.165) is 22.5 Å². The second kappa shape index (κ2) is 5.40. The molecule has 0 unspecified atom stereocenters. The topological polar surface area (TPSA) is 63.8 Å². The van der Waals surface area contributed by atoms with Crippen molar-refractivity contribution in [2.24, 2.45) is 0 Å². The zero-order chi connectivity index (χ0) is 14.8. The van der Waals surface area contributed by atoms with Crippen molar-refractivity contribution in [2.75, 3.05) is 11.1 Å². The Bertz CT molecular complexity index is 775. The van der Waals surface area contributed by atoms with Crippen LogP contribution < -0.4 is 11.1 Å². The molecule has 1 heterocycles. The highest BCUT2D eigenvalue weighted by atomic mass is 15.0. The molecule has 0 bridgehead atoms. The van der Waals surface area contributed by atoms with Crippen molar-refractivity contribution < 1.29 is 0 Å². The van der Waals surface area contributed by atoms with Crippen LogP contribution >= 0.6 is 0 Å². The summed E-state index contributed by atoms with van der Waals surface area (Å²) in [5.74, 6) is 1.56. The van der Waals surface area contributed by atoms with E-state index in [-0.39, 0.29) is 5.92 Å². The molecular weight excluding hydrogens is 260 g/mol. The third-order valence-electron chi connectivity index (χ3n) is 3.53. The zero-order valence-corrected chi connectivity index (χ0v) is 12.2. The van der Waals surface area contributed by atoms with Crippen LogP contribution in [0, 0.1) is 0 Å². The number of nitrogens with zero attached hydrogens (tertiary/aromatic N) is 2. The monoisotopic (exact) mass is 278 g/mol. The molecular formula is C17H18N4. The number of benzene rings is 2. The Morgan fingerprint density at radius 1 is 1.00 bits per heavy atom. The summed E-state index contributed by atoms with van der Waals surface area (Å²) >= 11 is 0. The summed E-state index contributed by atoms with van der Waals surface area (Å²) < 4.78 is 0. The number of nitrogens with one attached hydrogen (secondary N) is 1. The Morgan fingerprint density at radius 3 is 2.57 bits per heavy atom. The molecule has 0 aliphatic heterocycles. The van der Waals surface area contributed by atoms with Crippen LogP contribution in [-0.2, 0) is 0 Å². The second-order valence-electron chi connectivity index (χ2n) is 5.33. The first-order valence-corrected chi connectivity index (χ1v) is 7.02. The summed E-state index contributed by atoms with van der Waals surface area (Å²) in [6.07, 6.45) is 1.49. The maximum atomic E-state index is 6.00. The number of hydrogen-bond donors (Lipinski definition) is 2. The number of nitrogen functional groups attached to an aromatic ring is 1. The molecule has 1 aromatic heterocycles. The molecule has 0 radical (unpaired) electrons. The van der Waals surface area contributed by atoms with Crippen molar-refractivity contribution in [3.05, 3.63) is 54.4 Å². The number of anilines is 3. The van der Waals surface area contributed by atoms with E-state index in [0.29, 0.717) is 5.82 Å². The molecule has 0 amide bonds. The lowest BCUT2D eigenvalue weighted by Gasteiger charge is -2.16. The number of fused-ring (bicyclic) bond motifs is 1. The average Bonchev–Trinajstić information content (AvgIpc) is 2.47. The molecule has 2 aromatic carbocycles. The van der Waals surface area contributed by atoms with Crippen LogP contribution in [0.3, 0.4) is 0 Å². The van der Waals surface area contributed by atoms with Gasteiger partial charge in [-0.3, -0.25) is 0 Å². The van der Waals surface area contributed by atoms with E-state index in [1.807, 2.05) is 24.3 Å². The van der Waals surface area contributed by atoms with Crippen molar-refractivity contribution in [3.63, 3.8) is 0 Å². The number of aromatic nitrogens is 2. The third kappa shape index (κ3) is 2.52. The van der Waals surface area contributed by atoms with Gasteiger partial charge in [-0.2, -0.15) is 0 Å². The lowest BCUT2D eigenvalue weighted by Crippen LogP contribution is -2.06. The molecule has 0 saturated heterocycles. The summed E-state index contributed by atoms with van der Waals surface area (Å²) in [5.41, 5.74) is 7.97. The molecule has 0 aliphatic carbocycles. The molecule has 0 spiro atoms. The van der Waals surface area contributed by atoms with E-state index < -0.39 is 0 Å². The smallest absolute Gasteiger partial charge is 0.139 e. The second-order valence-corrected chi connectivity index (χ2v) is 5.33. The van der Waals surface area contributed by atoms with Gasteiger partial charge >= 0.3 is 0 Å². The van der Waals surface area contributed by atoms with Crippen molar-refractivity contribution in [1.82, 2.24) is 9.97 Å². The molecule has 0 aliphatic rings. The molecule has 0 saturated carbocycles. The van der Waals surface area contributed by atoms with Crippen LogP contribution in [0.4, 0.5) is 17.3 Å². The summed E-state index contributed by atoms with van der Waals surface area (Å²) in [6, 6.07) is 14.4. The average molecular weight is 278 g/mol. The van der Waals surface area contributed by atoms with Gasteiger partial charge in [0.25, 0.3) is 0 Å². The van der Waals surface area contributed by atoms with Gasteiger partial charge in [-0.15, -0.1) is 0 Å². The summed E-state index contributed by atoms with van der Waals surface area (Å²) in [5, 5.41) is 5.76. The van der Waals surface area contributed by atoms with Gasteiger partial charge in [0, 0.05) is 16.6 Å². The standard InChI is InChI=1S/C17H18N4/c1-11(2)15-16(18)19-10-20-17(15)21-14-9-5-7-12-6-3-4-8-13(12)14/h3-11H,1-2H3,(H3,18,19,20,21). The largest absolute Gasteiger partial charge is 0.383 e. The molecule has 0 atom stereocenters. The third-order valence-corrected chi connectivity index (χ3v) is 3.53. The molecule has 4 heteroatoms. The number of rotatable bonds is 3. The first-order valence-electron chi connectivity index (χ1n) is 7.02. The summed E-state index contributed by atoms with van der Waals surface area (Å²) in [7, 11) is 0. The van der Waals surface area contributed by atoms with Gasteiger partial charge in [0.15, 0.2) is 0 Å². The van der Waals surface area contributed by atoms with E-state index in [9.17, 15) is 0 Å². The lowest BCUT2D eigenvalue weighted by atomic mass is 10.0. The van der Waals surface area contributed by atoms with Crippen molar-refractivity contribution in [3.8, 4) is 0 Å². The van der Waals surface area contributed by atoms with Crippen molar-refractivity contribution in [1.29, 1.82) is 0 Å². The lowest BCUT2D eigenvalue weighted by molar-refractivity contribution is 0.855. The predicted octanol–water partition coefficient (Wildman–Crippen LogP) is 4.08. The fraction of sp³-hybridized carbons (Fsp3) is 0.176. The Hall–Kier alpha value is -2.62. The zero-order valence-electron chi connectivity index (χ0n) is 12.2. The van der Waals surface area contributed by atoms with Gasteiger partial charge in [0.2, 0.25) is 0 Å². The highest BCUT2D eigenvalue weighted by Gasteiger charge is 2.13. The van der Waals surface area contributed by atoms with Gasteiger partial charge < -0.3 is 11.1 Å². The molecule has 4 nitrogen and oxygen atoms in total. The van der Waals surface area contributed by atoms with Crippen LogP contribution in [0.5, 0.6) is 0 Å². The van der Waals surface area contributed by atoms with E-state index in [4.69, 9.17) is 5.73 Å². The van der Waals surface area contributed by atoms with Crippen LogP contribution in [0.2, 0.25) is 0 Å². The fourth-order valence-corrected chi connectivity index (χ4v) is 2.54. The van der Waals surface area contributed by atoms with Gasteiger partial charge in [-0.25, -0.2) is 9.97 Å². The highest BCUT2D eigenvalue weighted by molar-refractivity contribution is 5.95. The van der Waals surface area contributed by atoms with E-state index >= 15 is 0 Å². The highest BCUT2D eigenvalue weighted by Crippen LogP contribution is 2.31. The normalized spacial score (nSPS) is 11.0. The maximum Gasteiger partial charge on any atom is 0.139 e. The molecule has 106 valence electrons. The van der Waals surface area contributed by atoms with Crippen molar-refractivity contribution in [2.45, 2.75) is 19.8 Å². The predicted molar refractivity (Wildman–Crippen MR) is 87.8 cm³/mol. The van der Waals surface area contributed by atoms with Gasteiger partial charge in [0.1, 0.15) is 18.0 Å². The van der Waals surface area contributed by atoms with Crippen LogP contribution in [0.1, 0.15) is 25.3 Å². The van der Waals surface area contributed by atoms with E-state index in [1.165, 1.54) is 11.7 Å². The van der Waals surface area contributed by atoms with Crippen LogP contribution in [0.15, 0.2) is 48.8 Å². The maximum absolute atomic E-state index is 6.00. The first-order chi connectivity index (χ1) is 10.2. The number of nitrogens with two attached hydrogens (primary N) is 1. The molecule has 3 rings (SSSR count). The Labute approximate surface area is 124 Å². The Morgan fingerprint density at radius 2 is 1.76 bits per heavy atom. The fourth-order valence-electron chi connectivity index (χ4n) is 2.54. The first kappa shape index (κ1) is 13.4. The van der Waals surface area contributed by atoms with E-state index in [1.54, 1.807) is 0 Å². The van der Waals surface area contributed by atoms with Crippen LogP contribution in [0.25, 0.3) is 10.8 Å². The minimum Gasteiger partial charge on any atom is -0.383 e. The van der Waals surface area contributed by atoms with E-state index in [2.05, 4.69) is 47.3 Å². The van der Waals surface area contributed by atoms with Gasteiger partial charge in [-0.1, -0.05) is 50.2 Å². The quantitative estimate of drug-likeness (QED) is 0.757. The van der Waals surface area contributed by atoms with Crippen molar-refractivity contribution >= 4 is 28.1 Å². The van der Waals surface area contributed by atoms with Gasteiger partial charge in [-0.05, 0) is 17.4 Å². The molecule has 3 N–H and O–H groups in total. The SMILES string of the molecule is CC(C)c1c(N)ncnc1Nc1cccc2ccccc12. The molecule has 0 fully saturated rings. The summed E-state index contributed by atoms with van der Waals surface area (Å²) in [6.45, 7) is 4.17. The van der Waals surface area contributed by atoms with Gasteiger partial charge in [0.05, 0.1) is 0 Å². The molecule has 21 heavy (non-hydrogen) atoms.